The Morgan fingerprint density at radius 2 is 2.12 bits per heavy atom. The maximum Gasteiger partial charge on any atom is 0.225 e. The van der Waals surface area contributed by atoms with Gasteiger partial charge in [0.15, 0.2) is 0 Å². The van der Waals surface area contributed by atoms with Crippen LogP contribution in [0.4, 0.5) is 5.13 Å². The Balaban J connectivity index is 1.38. The van der Waals surface area contributed by atoms with Crippen molar-refractivity contribution in [3.05, 3.63) is 48.7 Å². The van der Waals surface area contributed by atoms with Crippen LogP contribution < -0.4 is 10.2 Å². The number of carbonyl (C=O) groups excluding carboxylic acids is 1. The highest BCUT2D eigenvalue weighted by Gasteiger charge is 2.27. The number of amides is 1. The minimum absolute atomic E-state index is 0.0392. The van der Waals surface area contributed by atoms with Crippen LogP contribution in [-0.4, -0.2) is 33.8 Å². The van der Waals surface area contributed by atoms with Crippen molar-refractivity contribution >= 4 is 22.4 Å². The van der Waals surface area contributed by atoms with E-state index < -0.39 is 0 Å². The Kier molecular flexibility index (Phi) is 4.51. The minimum atomic E-state index is -0.0392. The first-order valence-electron chi connectivity index (χ1n) is 8.31. The van der Waals surface area contributed by atoms with Crippen molar-refractivity contribution in [2.75, 3.05) is 18.0 Å². The van der Waals surface area contributed by atoms with Gasteiger partial charge in [-0.05, 0) is 37.1 Å². The molecule has 1 atom stereocenters. The van der Waals surface area contributed by atoms with Gasteiger partial charge in [-0.15, -0.1) is 10.2 Å². The van der Waals surface area contributed by atoms with Crippen LogP contribution in [0.2, 0.25) is 0 Å². The molecule has 0 unspecified atom stereocenters. The lowest BCUT2D eigenvalue weighted by Crippen LogP contribution is -2.42. The van der Waals surface area contributed by atoms with Crippen LogP contribution in [0.5, 0.6) is 0 Å². The van der Waals surface area contributed by atoms with Gasteiger partial charge in [0.05, 0.1) is 18.7 Å². The molecule has 1 aliphatic rings. The second-order valence-corrected chi connectivity index (χ2v) is 6.97. The molecule has 25 heavy (non-hydrogen) atoms. The van der Waals surface area contributed by atoms with E-state index in [-0.39, 0.29) is 11.8 Å². The van der Waals surface area contributed by atoms with Crippen molar-refractivity contribution < 1.29 is 9.21 Å². The van der Waals surface area contributed by atoms with Crippen molar-refractivity contribution in [2.24, 2.45) is 5.92 Å². The standard InChI is InChI=1S/C17H19N5O2S/c23-15(18-11-14-6-4-10-24-14)13-5-3-9-22(12-13)17-20-19-16(25-17)21-7-1-2-8-21/h1-2,4,6-8,10,13H,3,5,9,11-12H2,(H,18,23)/t13-/m1/s1. The predicted molar refractivity (Wildman–Crippen MR) is 94.7 cm³/mol. The molecule has 130 valence electrons. The fourth-order valence-corrected chi connectivity index (χ4v) is 3.85. The number of aromatic nitrogens is 3. The van der Waals surface area contributed by atoms with E-state index in [2.05, 4.69) is 20.4 Å². The first-order valence-corrected chi connectivity index (χ1v) is 9.13. The summed E-state index contributed by atoms with van der Waals surface area (Å²) in [5, 5.41) is 13.2. The lowest BCUT2D eigenvalue weighted by atomic mass is 9.97. The molecule has 0 spiro atoms. The summed E-state index contributed by atoms with van der Waals surface area (Å²) < 4.78 is 7.20. The molecular formula is C17H19N5O2S. The first-order chi connectivity index (χ1) is 12.3. The molecule has 0 radical (unpaired) electrons. The highest BCUT2D eigenvalue weighted by atomic mass is 32.1. The Morgan fingerprint density at radius 3 is 2.92 bits per heavy atom. The van der Waals surface area contributed by atoms with E-state index in [1.165, 1.54) is 0 Å². The number of furan rings is 1. The normalized spacial score (nSPS) is 17.6. The molecule has 1 aliphatic heterocycles. The molecule has 3 aromatic heterocycles. The number of rotatable bonds is 5. The lowest BCUT2D eigenvalue weighted by molar-refractivity contribution is -0.125. The van der Waals surface area contributed by atoms with Gasteiger partial charge in [-0.25, -0.2) is 0 Å². The molecule has 7 nitrogen and oxygen atoms in total. The molecule has 0 aliphatic carbocycles. The average Bonchev–Trinajstić information content (AvgIpc) is 3.41. The van der Waals surface area contributed by atoms with E-state index >= 15 is 0 Å². The first kappa shape index (κ1) is 15.9. The quantitative estimate of drug-likeness (QED) is 0.759. The molecule has 4 heterocycles. The Morgan fingerprint density at radius 1 is 1.28 bits per heavy atom. The number of nitrogens with zero attached hydrogens (tertiary/aromatic N) is 4. The fraction of sp³-hybridized carbons (Fsp3) is 0.353. The van der Waals surface area contributed by atoms with Crippen molar-refractivity contribution in [1.82, 2.24) is 20.1 Å². The van der Waals surface area contributed by atoms with Crippen molar-refractivity contribution in [3.63, 3.8) is 0 Å². The van der Waals surface area contributed by atoms with E-state index in [4.69, 9.17) is 4.42 Å². The van der Waals surface area contributed by atoms with E-state index in [1.54, 1.807) is 17.6 Å². The summed E-state index contributed by atoms with van der Waals surface area (Å²) in [6.45, 7) is 2.01. The minimum Gasteiger partial charge on any atom is -0.467 e. The van der Waals surface area contributed by atoms with Crippen LogP contribution in [0.15, 0.2) is 47.3 Å². The summed E-state index contributed by atoms with van der Waals surface area (Å²) in [7, 11) is 0. The number of nitrogens with one attached hydrogen (secondary N) is 1. The molecule has 0 bridgehead atoms. The fourth-order valence-electron chi connectivity index (χ4n) is 3.00. The molecule has 1 fully saturated rings. The van der Waals surface area contributed by atoms with Gasteiger partial charge in [-0.1, -0.05) is 11.3 Å². The molecule has 0 saturated carbocycles. The molecule has 0 aromatic carbocycles. The number of piperidine rings is 1. The Labute approximate surface area is 149 Å². The topological polar surface area (TPSA) is 76.2 Å². The van der Waals surface area contributed by atoms with Gasteiger partial charge in [0, 0.05) is 25.5 Å². The van der Waals surface area contributed by atoms with E-state index in [0.717, 1.165) is 35.4 Å². The zero-order chi connectivity index (χ0) is 17.1. The molecule has 8 heteroatoms. The van der Waals surface area contributed by atoms with Gasteiger partial charge in [-0.3, -0.25) is 9.36 Å². The van der Waals surface area contributed by atoms with E-state index in [1.807, 2.05) is 41.2 Å². The second kappa shape index (κ2) is 7.10. The predicted octanol–water partition coefficient (Wildman–Crippen LogP) is 2.45. The van der Waals surface area contributed by atoms with Gasteiger partial charge >= 0.3 is 0 Å². The van der Waals surface area contributed by atoms with Crippen LogP contribution in [-0.2, 0) is 11.3 Å². The summed E-state index contributed by atoms with van der Waals surface area (Å²) in [6.07, 6.45) is 7.37. The highest BCUT2D eigenvalue weighted by molar-refractivity contribution is 7.17. The zero-order valence-corrected chi connectivity index (χ0v) is 14.5. The summed E-state index contributed by atoms with van der Waals surface area (Å²) in [5.74, 6) is 0.792. The largest absolute Gasteiger partial charge is 0.467 e. The zero-order valence-electron chi connectivity index (χ0n) is 13.7. The molecular weight excluding hydrogens is 338 g/mol. The monoisotopic (exact) mass is 357 g/mol. The van der Waals surface area contributed by atoms with Gasteiger partial charge in [0.1, 0.15) is 5.76 Å². The molecule has 3 aromatic rings. The third kappa shape index (κ3) is 3.58. The summed E-state index contributed by atoms with van der Waals surface area (Å²) in [4.78, 5) is 14.6. The van der Waals surface area contributed by atoms with Gasteiger partial charge in [0.25, 0.3) is 0 Å². The van der Waals surface area contributed by atoms with Crippen molar-refractivity contribution in [1.29, 1.82) is 0 Å². The van der Waals surface area contributed by atoms with Gasteiger partial charge < -0.3 is 14.6 Å². The highest BCUT2D eigenvalue weighted by Crippen LogP contribution is 2.27. The lowest BCUT2D eigenvalue weighted by Gasteiger charge is -2.31. The molecule has 4 rings (SSSR count). The van der Waals surface area contributed by atoms with Crippen LogP contribution in [0.1, 0.15) is 18.6 Å². The maximum absolute atomic E-state index is 12.4. The summed E-state index contributed by atoms with van der Waals surface area (Å²) >= 11 is 1.54. The number of anilines is 1. The summed E-state index contributed by atoms with van der Waals surface area (Å²) in [5.41, 5.74) is 0. The maximum atomic E-state index is 12.4. The molecule has 1 amide bonds. The van der Waals surface area contributed by atoms with Crippen LogP contribution in [0, 0.1) is 5.92 Å². The second-order valence-electron chi connectivity index (χ2n) is 6.04. The number of hydrogen-bond acceptors (Lipinski definition) is 6. The Hall–Kier alpha value is -2.61. The van der Waals surface area contributed by atoms with E-state index in [9.17, 15) is 4.79 Å². The SMILES string of the molecule is O=C(NCc1ccco1)[C@@H]1CCCN(c2nnc(-n3cccc3)s2)C1. The summed E-state index contributed by atoms with van der Waals surface area (Å²) in [6, 6.07) is 7.60. The third-order valence-electron chi connectivity index (χ3n) is 4.31. The van der Waals surface area contributed by atoms with E-state index in [0.29, 0.717) is 13.1 Å². The van der Waals surface area contributed by atoms with Gasteiger partial charge in [0.2, 0.25) is 16.2 Å². The van der Waals surface area contributed by atoms with Crippen molar-refractivity contribution in [3.8, 4) is 5.13 Å². The third-order valence-corrected chi connectivity index (χ3v) is 5.31. The number of carbonyl (C=O) groups is 1. The van der Waals surface area contributed by atoms with Crippen LogP contribution in [0.3, 0.4) is 0 Å². The molecule has 1 saturated heterocycles. The number of hydrogen-bond donors (Lipinski definition) is 1. The average molecular weight is 357 g/mol. The smallest absolute Gasteiger partial charge is 0.225 e. The molecule has 1 N–H and O–H groups in total. The Bertz CT molecular complexity index is 812. The van der Waals surface area contributed by atoms with Gasteiger partial charge in [-0.2, -0.15) is 0 Å². The van der Waals surface area contributed by atoms with Crippen molar-refractivity contribution in [2.45, 2.75) is 19.4 Å². The van der Waals surface area contributed by atoms with Crippen LogP contribution >= 0.6 is 11.3 Å². The van der Waals surface area contributed by atoms with Crippen LogP contribution in [0.25, 0.3) is 5.13 Å².